The third-order valence-electron chi connectivity index (χ3n) is 4.87. The van der Waals surface area contributed by atoms with Crippen LogP contribution < -0.4 is 10.5 Å². The fourth-order valence-electron chi connectivity index (χ4n) is 3.02. The number of pyridine rings is 1. The van der Waals surface area contributed by atoms with Gasteiger partial charge in [-0.3, -0.25) is 13.8 Å². The Kier molecular flexibility index (Phi) is 4.23. The highest BCUT2D eigenvalue weighted by atomic mass is 32.2. The maximum Gasteiger partial charge on any atom is 0.274 e. The van der Waals surface area contributed by atoms with Crippen molar-refractivity contribution in [2.24, 2.45) is 11.7 Å². The number of aromatic nitrogens is 1. The monoisotopic (exact) mass is 363 g/mol. The molecule has 2 saturated carbocycles. The van der Waals surface area contributed by atoms with E-state index in [-0.39, 0.29) is 17.3 Å². The summed E-state index contributed by atoms with van der Waals surface area (Å²) in [7, 11) is -1.26. The normalized spacial score (nSPS) is 25.8. The Bertz CT molecular complexity index is 745. The van der Waals surface area contributed by atoms with Gasteiger partial charge in [-0.25, -0.2) is 4.98 Å². The molecule has 0 aromatic carbocycles. The zero-order chi connectivity index (χ0) is 17.6. The highest BCUT2D eigenvalue weighted by Gasteiger charge is 2.38. The van der Waals surface area contributed by atoms with Crippen LogP contribution in [0, 0.1) is 5.92 Å². The molecule has 2 amide bonds. The Morgan fingerprint density at radius 3 is 2.68 bits per heavy atom. The standard InChI is InChI=1S/C17H21N3O4S/c18-15(21)14-8-25(23)9-20(14)17(22)13-6-5-12(11-3-4-11)16(19-13)24-7-10-1-2-10/h5-6,10-11,14H,1-4,7-9H2,(H2,18,21)/t14-,25-/m1/s1. The average molecular weight is 363 g/mol. The van der Waals surface area contributed by atoms with Crippen LogP contribution in [0.4, 0.5) is 0 Å². The highest BCUT2D eigenvalue weighted by Crippen LogP contribution is 2.44. The summed E-state index contributed by atoms with van der Waals surface area (Å²) in [6, 6.07) is 2.72. The molecule has 25 heavy (non-hydrogen) atoms. The lowest BCUT2D eigenvalue weighted by atomic mass is 10.1. The Labute approximate surface area is 148 Å². The molecule has 8 heteroatoms. The lowest BCUT2D eigenvalue weighted by molar-refractivity contribution is -0.121. The van der Waals surface area contributed by atoms with Gasteiger partial charge in [0.05, 0.1) is 18.2 Å². The second kappa shape index (κ2) is 6.40. The minimum Gasteiger partial charge on any atom is -0.477 e. The van der Waals surface area contributed by atoms with Crippen LogP contribution in [-0.2, 0) is 15.6 Å². The van der Waals surface area contributed by atoms with Crippen LogP contribution in [0.1, 0.15) is 47.7 Å². The van der Waals surface area contributed by atoms with Crippen molar-refractivity contribution in [3.63, 3.8) is 0 Å². The number of nitrogens with two attached hydrogens (primary N) is 1. The predicted octanol–water partition coefficient (Wildman–Crippen LogP) is 0.764. The molecule has 2 heterocycles. The number of primary amides is 1. The highest BCUT2D eigenvalue weighted by molar-refractivity contribution is 7.85. The van der Waals surface area contributed by atoms with Crippen LogP contribution >= 0.6 is 0 Å². The molecule has 7 nitrogen and oxygen atoms in total. The van der Waals surface area contributed by atoms with Gasteiger partial charge in [-0.1, -0.05) is 6.07 Å². The number of nitrogens with zero attached hydrogens (tertiary/aromatic N) is 2. The number of carbonyl (C=O) groups excluding carboxylic acids is 2. The van der Waals surface area contributed by atoms with Crippen LogP contribution in [0.5, 0.6) is 5.88 Å². The van der Waals surface area contributed by atoms with E-state index in [0.717, 1.165) is 18.4 Å². The smallest absolute Gasteiger partial charge is 0.274 e. The zero-order valence-electron chi connectivity index (χ0n) is 13.8. The number of carbonyl (C=O) groups is 2. The van der Waals surface area contributed by atoms with Gasteiger partial charge in [-0.05, 0) is 43.6 Å². The summed E-state index contributed by atoms with van der Waals surface area (Å²) in [6.07, 6.45) is 4.59. The first kappa shape index (κ1) is 16.5. The molecule has 0 bridgehead atoms. The van der Waals surface area contributed by atoms with Crippen LogP contribution in [0.25, 0.3) is 0 Å². The van der Waals surface area contributed by atoms with E-state index in [4.69, 9.17) is 10.5 Å². The topological polar surface area (TPSA) is 103 Å². The van der Waals surface area contributed by atoms with Crippen molar-refractivity contribution >= 4 is 22.6 Å². The summed E-state index contributed by atoms with van der Waals surface area (Å²) in [4.78, 5) is 30.0. The summed E-state index contributed by atoms with van der Waals surface area (Å²) >= 11 is 0. The van der Waals surface area contributed by atoms with Gasteiger partial charge in [0.15, 0.2) is 0 Å². The first-order valence-electron chi connectivity index (χ1n) is 8.62. The summed E-state index contributed by atoms with van der Waals surface area (Å²) in [5.74, 6) is 0.615. The van der Waals surface area contributed by atoms with Crippen molar-refractivity contribution in [2.45, 2.75) is 37.6 Å². The molecular formula is C17H21N3O4S. The zero-order valence-corrected chi connectivity index (χ0v) is 14.7. The quantitative estimate of drug-likeness (QED) is 0.804. The van der Waals surface area contributed by atoms with Gasteiger partial charge in [0, 0.05) is 16.4 Å². The van der Waals surface area contributed by atoms with Crippen LogP contribution in [0.15, 0.2) is 12.1 Å². The molecule has 3 fully saturated rings. The third-order valence-corrected chi connectivity index (χ3v) is 6.12. The van der Waals surface area contributed by atoms with Gasteiger partial charge >= 0.3 is 0 Å². The van der Waals surface area contributed by atoms with E-state index in [9.17, 15) is 13.8 Å². The lowest BCUT2D eigenvalue weighted by Gasteiger charge is -2.21. The maximum absolute atomic E-state index is 12.8. The second-order valence-electron chi connectivity index (χ2n) is 7.05. The van der Waals surface area contributed by atoms with Crippen molar-refractivity contribution in [1.29, 1.82) is 0 Å². The SMILES string of the molecule is NC(=O)[C@H]1C[S@@](=O)CN1C(=O)c1ccc(C2CC2)c(OCC2CC2)n1. The number of rotatable bonds is 6. The van der Waals surface area contributed by atoms with E-state index in [1.807, 2.05) is 6.07 Å². The van der Waals surface area contributed by atoms with Crippen LogP contribution in [0.3, 0.4) is 0 Å². The molecule has 1 aromatic rings. The van der Waals surface area contributed by atoms with E-state index < -0.39 is 28.7 Å². The minimum atomic E-state index is -1.26. The van der Waals surface area contributed by atoms with E-state index in [1.165, 1.54) is 17.7 Å². The maximum atomic E-state index is 12.8. The van der Waals surface area contributed by atoms with Crippen LogP contribution in [0.2, 0.25) is 0 Å². The largest absolute Gasteiger partial charge is 0.477 e. The van der Waals surface area contributed by atoms with Crippen molar-refractivity contribution in [3.05, 3.63) is 23.4 Å². The van der Waals surface area contributed by atoms with Gasteiger partial charge in [-0.15, -0.1) is 0 Å². The van der Waals surface area contributed by atoms with E-state index in [2.05, 4.69) is 4.98 Å². The lowest BCUT2D eigenvalue weighted by Crippen LogP contribution is -2.45. The van der Waals surface area contributed by atoms with Crippen LogP contribution in [-0.4, -0.2) is 50.2 Å². The molecule has 2 N–H and O–H groups in total. The first-order chi connectivity index (χ1) is 12.0. The Morgan fingerprint density at radius 1 is 1.28 bits per heavy atom. The number of amides is 2. The second-order valence-corrected chi connectivity index (χ2v) is 8.52. The number of hydrogen-bond donors (Lipinski definition) is 1. The molecule has 0 unspecified atom stereocenters. The number of hydrogen-bond acceptors (Lipinski definition) is 5. The summed E-state index contributed by atoms with van der Waals surface area (Å²) in [5.41, 5.74) is 6.60. The van der Waals surface area contributed by atoms with E-state index >= 15 is 0 Å². The fraction of sp³-hybridized carbons (Fsp3) is 0.588. The molecule has 2 atom stereocenters. The van der Waals surface area contributed by atoms with Crippen molar-refractivity contribution in [1.82, 2.24) is 9.88 Å². The first-order valence-corrected chi connectivity index (χ1v) is 10.1. The molecule has 1 aromatic heterocycles. The fourth-order valence-corrected chi connectivity index (χ4v) is 4.43. The van der Waals surface area contributed by atoms with Crippen molar-refractivity contribution < 1.29 is 18.5 Å². The van der Waals surface area contributed by atoms with Gasteiger partial charge in [0.25, 0.3) is 5.91 Å². The molecule has 3 aliphatic rings. The molecule has 1 aliphatic heterocycles. The summed E-state index contributed by atoms with van der Waals surface area (Å²) in [6.45, 7) is 0.627. The van der Waals surface area contributed by atoms with E-state index in [0.29, 0.717) is 24.3 Å². The summed E-state index contributed by atoms with van der Waals surface area (Å²) in [5, 5.41) is 0. The molecule has 0 radical (unpaired) electrons. The minimum absolute atomic E-state index is 0.0107. The summed E-state index contributed by atoms with van der Waals surface area (Å²) < 4.78 is 17.6. The van der Waals surface area contributed by atoms with Crippen molar-refractivity contribution in [3.8, 4) is 5.88 Å². The molecule has 0 spiro atoms. The van der Waals surface area contributed by atoms with Gasteiger partial charge in [-0.2, -0.15) is 0 Å². The molecule has 1 saturated heterocycles. The molecule has 2 aliphatic carbocycles. The van der Waals surface area contributed by atoms with Crippen molar-refractivity contribution in [2.75, 3.05) is 18.2 Å². The Morgan fingerprint density at radius 2 is 2.04 bits per heavy atom. The predicted molar refractivity (Wildman–Crippen MR) is 91.5 cm³/mol. The molecule has 134 valence electrons. The Hall–Kier alpha value is -1.96. The molecular weight excluding hydrogens is 342 g/mol. The average Bonchev–Trinajstić information content (AvgIpc) is 3.50. The Balaban J connectivity index is 1.58. The third kappa shape index (κ3) is 3.53. The van der Waals surface area contributed by atoms with Gasteiger partial charge in [0.1, 0.15) is 11.7 Å². The van der Waals surface area contributed by atoms with Gasteiger partial charge in [0.2, 0.25) is 11.8 Å². The van der Waals surface area contributed by atoms with E-state index in [1.54, 1.807) is 6.07 Å². The number of ether oxygens (including phenoxy) is 1. The molecule has 4 rings (SSSR count). The van der Waals surface area contributed by atoms with Gasteiger partial charge < -0.3 is 15.4 Å².